The molecule has 0 aliphatic heterocycles. The Balaban J connectivity index is 1.37. The van der Waals surface area contributed by atoms with Crippen LogP contribution in [0.4, 0.5) is 0 Å². The summed E-state index contributed by atoms with van der Waals surface area (Å²) < 4.78 is 0. The van der Waals surface area contributed by atoms with Crippen LogP contribution in [-0.4, -0.2) is 15.0 Å². The van der Waals surface area contributed by atoms with E-state index in [9.17, 15) is 0 Å². The third-order valence-corrected chi connectivity index (χ3v) is 8.28. The topological polar surface area (TPSA) is 38.7 Å². The number of rotatable bonds is 6. The fraction of sp³-hybridized carbons (Fsp3) is 0.0750. The van der Waals surface area contributed by atoms with Gasteiger partial charge in [0.2, 0.25) is 0 Å². The van der Waals surface area contributed by atoms with Crippen LogP contribution in [0, 0.1) is 5.92 Å². The summed E-state index contributed by atoms with van der Waals surface area (Å²) in [6.45, 7) is 2.28. The maximum Gasteiger partial charge on any atom is 0.0273 e. The van der Waals surface area contributed by atoms with Crippen molar-refractivity contribution < 1.29 is 0 Å². The van der Waals surface area contributed by atoms with Crippen molar-refractivity contribution in [3.63, 3.8) is 0 Å². The van der Waals surface area contributed by atoms with E-state index in [0.717, 1.165) is 11.1 Å². The SMILES string of the molecule is CC1C=CC(c2cc(-c3cccc(-c4ccncc4)c3)cc(-c3cccc(-c4ccncc4)c3)c2)=CC1c1ccncc1. The van der Waals surface area contributed by atoms with Crippen LogP contribution in [0.3, 0.4) is 0 Å². The van der Waals surface area contributed by atoms with Gasteiger partial charge in [0.15, 0.2) is 0 Å². The number of allylic oxidation sites excluding steroid dienone is 4. The molecule has 0 N–H and O–H groups in total. The molecule has 6 aromatic rings. The minimum absolute atomic E-state index is 0.292. The maximum atomic E-state index is 4.25. The first kappa shape index (κ1) is 26.5. The van der Waals surface area contributed by atoms with E-state index in [1.54, 1.807) is 0 Å². The lowest BCUT2D eigenvalue weighted by atomic mass is 9.80. The van der Waals surface area contributed by atoms with Crippen LogP contribution in [0.15, 0.2) is 159 Å². The molecule has 0 radical (unpaired) electrons. The molecule has 43 heavy (non-hydrogen) atoms. The predicted molar refractivity (Wildman–Crippen MR) is 177 cm³/mol. The molecule has 7 rings (SSSR count). The normalized spacial score (nSPS) is 16.1. The maximum absolute atomic E-state index is 4.25. The zero-order valence-corrected chi connectivity index (χ0v) is 24.0. The van der Waals surface area contributed by atoms with Crippen molar-refractivity contribution in [3.05, 3.63) is 170 Å². The first-order valence-corrected chi connectivity index (χ1v) is 14.7. The lowest BCUT2D eigenvalue weighted by molar-refractivity contribution is 0.637. The Morgan fingerprint density at radius 3 is 1.37 bits per heavy atom. The molecule has 206 valence electrons. The van der Waals surface area contributed by atoms with E-state index < -0.39 is 0 Å². The molecule has 0 amide bonds. The molecule has 3 aromatic carbocycles. The van der Waals surface area contributed by atoms with Crippen molar-refractivity contribution in [1.82, 2.24) is 15.0 Å². The first-order valence-electron chi connectivity index (χ1n) is 14.7. The van der Waals surface area contributed by atoms with Gasteiger partial charge in [-0.15, -0.1) is 0 Å². The lowest BCUT2D eigenvalue weighted by Gasteiger charge is -2.24. The fourth-order valence-electron chi connectivity index (χ4n) is 5.93. The Kier molecular flexibility index (Phi) is 7.29. The van der Waals surface area contributed by atoms with Crippen LogP contribution in [0.5, 0.6) is 0 Å². The van der Waals surface area contributed by atoms with Gasteiger partial charge >= 0.3 is 0 Å². The largest absolute Gasteiger partial charge is 0.265 e. The quantitative estimate of drug-likeness (QED) is 0.206. The van der Waals surface area contributed by atoms with Crippen molar-refractivity contribution in [1.29, 1.82) is 0 Å². The zero-order valence-electron chi connectivity index (χ0n) is 24.0. The fourth-order valence-corrected chi connectivity index (χ4v) is 5.93. The van der Waals surface area contributed by atoms with E-state index in [2.05, 4.69) is 143 Å². The lowest BCUT2D eigenvalue weighted by Crippen LogP contribution is -2.09. The summed E-state index contributed by atoms with van der Waals surface area (Å²) in [6, 6.07) is 37.0. The van der Waals surface area contributed by atoms with E-state index in [4.69, 9.17) is 0 Å². The van der Waals surface area contributed by atoms with Gasteiger partial charge in [-0.3, -0.25) is 15.0 Å². The highest BCUT2D eigenvalue weighted by Crippen LogP contribution is 2.39. The first-order chi connectivity index (χ1) is 21.2. The minimum Gasteiger partial charge on any atom is -0.265 e. The third-order valence-electron chi connectivity index (χ3n) is 8.28. The monoisotopic (exact) mass is 553 g/mol. The van der Waals surface area contributed by atoms with Gasteiger partial charge in [0, 0.05) is 43.1 Å². The molecule has 0 bridgehead atoms. The second kappa shape index (κ2) is 11.8. The van der Waals surface area contributed by atoms with Gasteiger partial charge in [-0.25, -0.2) is 0 Å². The van der Waals surface area contributed by atoms with E-state index in [-0.39, 0.29) is 0 Å². The van der Waals surface area contributed by atoms with Crippen molar-refractivity contribution in [2.75, 3.05) is 0 Å². The highest BCUT2D eigenvalue weighted by atomic mass is 14.6. The molecule has 1 aliphatic rings. The van der Waals surface area contributed by atoms with E-state index >= 15 is 0 Å². The van der Waals surface area contributed by atoms with Crippen molar-refractivity contribution >= 4 is 5.57 Å². The molecule has 2 unspecified atom stereocenters. The smallest absolute Gasteiger partial charge is 0.0273 e. The van der Waals surface area contributed by atoms with Gasteiger partial charge < -0.3 is 0 Å². The van der Waals surface area contributed by atoms with Crippen LogP contribution in [0.25, 0.3) is 50.1 Å². The van der Waals surface area contributed by atoms with Crippen LogP contribution in [0.2, 0.25) is 0 Å². The summed E-state index contributed by atoms with van der Waals surface area (Å²) in [7, 11) is 0. The molecular formula is C40H31N3. The molecule has 1 aliphatic carbocycles. The minimum atomic E-state index is 0.292. The Bertz CT molecular complexity index is 1820. The number of nitrogens with zero attached hydrogens (tertiary/aromatic N) is 3. The average molecular weight is 554 g/mol. The summed E-state index contributed by atoms with van der Waals surface area (Å²) in [6.07, 6.45) is 18.2. The van der Waals surface area contributed by atoms with Crippen LogP contribution in [0.1, 0.15) is 24.0 Å². The van der Waals surface area contributed by atoms with E-state index in [1.165, 1.54) is 50.1 Å². The van der Waals surface area contributed by atoms with Gasteiger partial charge in [-0.05, 0) is 134 Å². The summed E-state index contributed by atoms with van der Waals surface area (Å²) in [4.78, 5) is 12.7. The van der Waals surface area contributed by atoms with Crippen LogP contribution >= 0.6 is 0 Å². The van der Waals surface area contributed by atoms with Gasteiger partial charge in [0.1, 0.15) is 0 Å². The number of benzene rings is 3. The van der Waals surface area contributed by atoms with Gasteiger partial charge in [0.05, 0.1) is 0 Å². The van der Waals surface area contributed by atoms with Crippen molar-refractivity contribution in [2.45, 2.75) is 12.8 Å². The number of pyridine rings is 3. The third kappa shape index (κ3) is 5.71. The van der Waals surface area contributed by atoms with E-state index in [1.807, 2.05) is 37.2 Å². The van der Waals surface area contributed by atoms with Crippen LogP contribution in [-0.2, 0) is 0 Å². The molecule has 2 atom stereocenters. The molecule has 0 saturated carbocycles. The molecule has 0 fully saturated rings. The van der Waals surface area contributed by atoms with Crippen molar-refractivity contribution in [3.8, 4) is 44.5 Å². The highest BCUT2D eigenvalue weighted by molar-refractivity contribution is 5.86. The molecule has 3 heteroatoms. The molecular weight excluding hydrogens is 522 g/mol. The predicted octanol–water partition coefficient (Wildman–Crippen LogP) is 9.91. The summed E-state index contributed by atoms with van der Waals surface area (Å²) >= 11 is 0. The van der Waals surface area contributed by atoms with Crippen LogP contribution < -0.4 is 0 Å². The second-order valence-corrected chi connectivity index (χ2v) is 11.1. The Hall–Kier alpha value is -5.41. The highest BCUT2D eigenvalue weighted by Gasteiger charge is 2.20. The Morgan fingerprint density at radius 1 is 0.442 bits per heavy atom. The molecule has 0 spiro atoms. The van der Waals surface area contributed by atoms with Gasteiger partial charge in [-0.2, -0.15) is 0 Å². The standard InChI is InChI=1S/C40H31N3/c1-28-8-9-36(27-40(28)31-14-20-43-21-15-31)39-25-37(34-6-2-4-32(22-34)29-10-16-41-17-11-29)24-38(26-39)35-7-3-5-33(23-35)30-12-18-42-19-13-30/h2-28,40H,1H3. The molecule has 0 saturated heterocycles. The summed E-state index contributed by atoms with van der Waals surface area (Å²) in [5.41, 5.74) is 13.1. The second-order valence-electron chi connectivity index (χ2n) is 11.1. The Morgan fingerprint density at radius 2 is 0.860 bits per heavy atom. The van der Waals surface area contributed by atoms with E-state index in [0.29, 0.717) is 11.8 Å². The number of aromatic nitrogens is 3. The van der Waals surface area contributed by atoms with Gasteiger partial charge in [0.25, 0.3) is 0 Å². The number of hydrogen-bond donors (Lipinski definition) is 0. The average Bonchev–Trinajstić information content (AvgIpc) is 3.09. The molecule has 3 heterocycles. The Labute approximate surface area is 253 Å². The van der Waals surface area contributed by atoms with Gasteiger partial charge in [-0.1, -0.05) is 61.5 Å². The zero-order chi connectivity index (χ0) is 29.0. The molecule has 3 nitrogen and oxygen atoms in total. The molecule has 3 aromatic heterocycles. The summed E-state index contributed by atoms with van der Waals surface area (Å²) in [5, 5.41) is 0. The summed E-state index contributed by atoms with van der Waals surface area (Å²) in [5.74, 6) is 0.697. The van der Waals surface area contributed by atoms with Crippen molar-refractivity contribution in [2.24, 2.45) is 5.92 Å². The number of hydrogen-bond acceptors (Lipinski definition) is 3.